The van der Waals surface area contributed by atoms with Gasteiger partial charge in [-0.05, 0) is 49.4 Å². The number of nitrogens with one attached hydrogen (secondary N) is 2. The Bertz CT molecular complexity index is 1340. The standard InChI is InChI=1S/C24H29F3N4O5S/c1-4-5-14(2)31-21(28-19(32)12-37(3,34)35)20-18(30-31)11-23(29-22(20)33)9-8-15-10-16(6-7-17(15)23)36-13-24(25,26)27/h6-7,10,14H,4-5,8-9,11-13H2,1-3H3,(H,28,32)(H,29,33)/t14?,23-/m0/s1. The van der Waals surface area contributed by atoms with Gasteiger partial charge in [0.25, 0.3) is 5.91 Å². The summed E-state index contributed by atoms with van der Waals surface area (Å²) in [7, 11) is -3.59. The maximum Gasteiger partial charge on any atom is 0.422 e. The van der Waals surface area contributed by atoms with Gasteiger partial charge in [0.1, 0.15) is 22.9 Å². The van der Waals surface area contributed by atoms with Crippen LogP contribution in [-0.2, 0) is 33.0 Å². The van der Waals surface area contributed by atoms with Crippen molar-refractivity contribution in [2.75, 3.05) is 23.9 Å². The topological polar surface area (TPSA) is 119 Å². The summed E-state index contributed by atoms with van der Waals surface area (Å²) in [5, 5.41) is 10.3. The van der Waals surface area contributed by atoms with Gasteiger partial charge >= 0.3 is 6.18 Å². The molecule has 1 unspecified atom stereocenters. The van der Waals surface area contributed by atoms with Crippen LogP contribution in [0.1, 0.15) is 66.3 Å². The molecule has 2 atom stereocenters. The number of ether oxygens (including phenoxy) is 1. The fourth-order valence-electron chi connectivity index (χ4n) is 5.13. The highest BCUT2D eigenvalue weighted by Crippen LogP contribution is 2.44. The van der Waals surface area contributed by atoms with Crippen LogP contribution in [0.15, 0.2) is 18.2 Å². The molecular formula is C24H29F3N4O5S. The number of aromatic nitrogens is 2. The molecule has 4 rings (SSSR count). The normalized spacial score (nSPS) is 19.8. The zero-order valence-electron chi connectivity index (χ0n) is 20.7. The maximum absolute atomic E-state index is 13.4. The van der Waals surface area contributed by atoms with Crippen molar-refractivity contribution < 1.29 is 35.9 Å². The predicted molar refractivity (Wildman–Crippen MR) is 129 cm³/mol. The number of hydrogen-bond acceptors (Lipinski definition) is 6. The summed E-state index contributed by atoms with van der Waals surface area (Å²) < 4.78 is 67.3. The first-order chi connectivity index (χ1) is 17.2. The molecule has 0 radical (unpaired) electrons. The number of benzene rings is 1. The summed E-state index contributed by atoms with van der Waals surface area (Å²) in [6.07, 6.45) is -0.605. The fourth-order valence-corrected chi connectivity index (χ4v) is 5.68. The van der Waals surface area contributed by atoms with Gasteiger partial charge in [-0.15, -0.1) is 0 Å². The van der Waals surface area contributed by atoms with Crippen LogP contribution in [0.5, 0.6) is 5.75 Å². The molecular weight excluding hydrogens is 513 g/mol. The van der Waals surface area contributed by atoms with Gasteiger partial charge in [-0.25, -0.2) is 13.1 Å². The van der Waals surface area contributed by atoms with Crippen LogP contribution in [0.3, 0.4) is 0 Å². The smallest absolute Gasteiger partial charge is 0.422 e. The lowest BCUT2D eigenvalue weighted by Crippen LogP contribution is -2.49. The van der Waals surface area contributed by atoms with Gasteiger partial charge in [0.15, 0.2) is 16.4 Å². The van der Waals surface area contributed by atoms with Gasteiger partial charge in [0.05, 0.1) is 17.3 Å². The Morgan fingerprint density at radius 1 is 1.35 bits per heavy atom. The number of halogens is 3. The molecule has 1 aliphatic carbocycles. The number of nitrogens with zero attached hydrogens (tertiary/aromatic N) is 2. The van der Waals surface area contributed by atoms with Gasteiger partial charge in [-0.1, -0.05) is 19.4 Å². The molecule has 2 heterocycles. The predicted octanol–water partition coefficient (Wildman–Crippen LogP) is 3.30. The number of alkyl halides is 3. The molecule has 202 valence electrons. The molecule has 0 bridgehead atoms. The third-order valence-electron chi connectivity index (χ3n) is 6.62. The largest absolute Gasteiger partial charge is 0.484 e. The number of fused-ring (bicyclic) bond motifs is 3. The summed E-state index contributed by atoms with van der Waals surface area (Å²) in [5.41, 5.74) is 1.41. The zero-order chi connectivity index (χ0) is 27.2. The molecule has 0 saturated carbocycles. The number of hydrogen-bond donors (Lipinski definition) is 2. The third-order valence-corrected chi connectivity index (χ3v) is 7.41. The van der Waals surface area contributed by atoms with E-state index in [0.29, 0.717) is 31.4 Å². The van der Waals surface area contributed by atoms with Crippen molar-refractivity contribution in [3.8, 4) is 5.75 Å². The molecule has 2 aromatic rings. The minimum Gasteiger partial charge on any atom is -0.484 e. The van der Waals surface area contributed by atoms with Crippen molar-refractivity contribution in [1.29, 1.82) is 0 Å². The van der Waals surface area contributed by atoms with Crippen molar-refractivity contribution >= 4 is 27.5 Å². The van der Waals surface area contributed by atoms with E-state index < -0.39 is 45.7 Å². The van der Waals surface area contributed by atoms with Crippen LogP contribution in [0.4, 0.5) is 19.0 Å². The van der Waals surface area contributed by atoms with E-state index in [0.717, 1.165) is 23.8 Å². The van der Waals surface area contributed by atoms with Gasteiger partial charge in [-0.2, -0.15) is 18.3 Å². The Morgan fingerprint density at radius 2 is 2.08 bits per heavy atom. The highest BCUT2D eigenvalue weighted by atomic mass is 32.2. The summed E-state index contributed by atoms with van der Waals surface area (Å²) in [5.74, 6) is -1.69. The van der Waals surface area contributed by atoms with E-state index in [1.54, 1.807) is 16.8 Å². The van der Waals surface area contributed by atoms with Gasteiger partial charge in [-0.3, -0.25) is 9.59 Å². The van der Waals surface area contributed by atoms with Crippen LogP contribution in [-0.4, -0.2) is 54.8 Å². The number of amides is 2. The number of sulfone groups is 1. The van der Waals surface area contributed by atoms with E-state index in [-0.39, 0.29) is 23.2 Å². The molecule has 1 aromatic carbocycles. The average molecular weight is 543 g/mol. The van der Waals surface area contributed by atoms with Crippen molar-refractivity contribution in [2.24, 2.45) is 0 Å². The minimum atomic E-state index is -4.45. The maximum atomic E-state index is 13.4. The molecule has 2 aliphatic rings. The van der Waals surface area contributed by atoms with Crippen LogP contribution in [0, 0.1) is 0 Å². The monoisotopic (exact) mass is 542 g/mol. The number of carbonyl (C=O) groups is 2. The first kappa shape index (κ1) is 27.0. The van der Waals surface area contributed by atoms with Crippen molar-refractivity contribution in [1.82, 2.24) is 15.1 Å². The van der Waals surface area contributed by atoms with Crippen LogP contribution in [0.2, 0.25) is 0 Å². The van der Waals surface area contributed by atoms with Crippen molar-refractivity contribution in [3.05, 3.63) is 40.6 Å². The van der Waals surface area contributed by atoms with Crippen LogP contribution >= 0.6 is 0 Å². The molecule has 2 amide bonds. The van der Waals surface area contributed by atoms with Gasteiger partial charge in [0, 0.05) is 12.7 Å². The van der Waals surface area contributed by atoms with E-state index in [4.69, 9.17) is 4.74 Å². The number of carbonyl (C=O) groups excluding carboxylic acids is 2. The average Bonchev–Trinajstić information content (AvgIpc) is 3.29. The lowest BCUT2D eigenvalue weighted by atomic mass is 9.82. The quantitative estimate of drug-likeness (QED) is 0.529. The molecule has 1 aromatic heterocycles. The number of rotatable bonds is 8. The van der Waals surface area contributed by atoms with E-state index >= 15 is 0 Å². The molecule has 0 saturated heterocycles. The molecule has 9 nitrogen and oxygen atoms in total. The lowest BCUT2D eigenvalue weighted by molar-refractivity contribution is -0.153. The summed E-state index contributed by atoms with van der Waals surface area (Å²) in [6.45, 7) is 2.50. The molecule has 2 N–H and O–H groups in total. The van der Waals surface area contributed by atoms with Gasteiger partial charge < -0.3 is 15.4 Å². The molecule has 0 fully saturated rings. The van der Waals surface area contributed by atoms with E-state index in [1.165, 1.54) is 6.07 Å². The van der Waals surface area contributed by atoms with E-state index in [1.807, 2.05) is 13.8 Å². The second kappa shape index (κ2) is 9.66. The highest BCUT2D eigenvalue weighted by molar-refractivity contribution is 7.91. The summed E-state index contributed by atoms with van der Waals surface area (Å²) in [6, 6.07) is 4.52. The Morgan fingerprint density at radius 3 is 2.73 bits per heavy atom. The van der Waals surface area contributed by atoms with Crippen LogP contribution < -0.4 is 15.4 Å². The molecule has 13 heteroatoms. The Balaban J connectivity index is 1.67. The third kappa shape index (κ3) is 5.76. The van der Waals surface area contributed by atoms with Crippen LogP contribution in [0.25, 0.3) is 0 Å². The zero-order valence-corrected chi connectivity index (χ0v) is 21.6. The Labute approximate surface area is 212 Å². The van der Waals surface area contributed by atoms with E-state index in [2.05, 4.69) is 15.7 Å². The second-order valence-corrected chi connectivity index (χ2v) is 11.9. The highest BCUT2D eigenvalue weighted by Gasteiger charge is 2.47. The van der Waals surface area contributed by atoms with Crippen molar-refractivity contribution in [2.45, 2.75) is 63.7 Å². The number of aryl methyl sites for hydroxylation is 1. The minimum absolute atomic E-state index is 0.101. The fraction of sp³-hybridized carbons (Fsp3) is 0.542. The first-order valence-electron chi connectivity index (χ1n) is 12.0. The number of anilines is 1. The van der Waals surface area contributed by atoms with Gasteiger partial charge in [0.2, 0.25) is 5.91 Å². The summed E-state index contributed by atoms with van der Waals surface area (Å²) in [4.78, 5) is 25.9. The first-order valence-corrected chi connectivity index (χ1v) is 14.0. The molecule has 37 heavy (non-hydrogen) atoms. The Hall–Kier alpha value is -3.09. The molecule has 1 spiro atoms. The molecule has 1 aliphatic heterocycles. The second-order valence-electron chi connectivity index (χ2n) is 9.81. The van der Waals surface area contributed by atoms with E-state index in [9.17, 15) is 31.2 Å². The SMILES string of the molecule is CCCC(C)n1nc2c(c1NC(=O)CS(C)(=O)=O)C(=O)N[C@@]1(CCc3cc(OCC(F)(F)F)ccc31)C2. The lowest BCUT2D eigenvalue weighted by Gasteiger charge is -2.35. The van der Waals surface area contributed by atoms with Crippen molar-refractivity contribution in [3.63, 3.8) is 0 Å². The summed E-state index contributed by atoms with van der Waals surface area (Å²) >= 11 is 0. The Kier molecular flexibility index (Phi) is 7.04.